The highest BCUT2D eigenvalue weighted by Gasteiger charge is 2.21. The number of fused-ring (bicyclic) bond motifs is 1. The zero-order valence-electron chi connectivity index (χ0n) is 15.1. The first-order valence-electron chi connectivity index (χ1n) is 9.17. The zero-order valence-corrected chi connectivity index (χ0v) is 15.1. The fourth-order valence-corrected chi connectivity index (χ4v) is 3.79. The standard InChI is InChI=1S/C20H21N3O4/c1-22-12-17(15-9-10-21-19(15)20(22)24)16-11-13(23(25)26)7-8-18(16)27-14-5-3-2-4-6-14/h7-12,14,21H,2-6H2,1H3. The van der Waals surface area contributed by atoms with Crippen LogP contribution in [0.25, 0.3) is 22.0 Å². The van der Waals surface area contributed by atoms with Crippen molar-refractivity contribution < 1.29 is 9.66 Å². The second-order valence-corrected chi connectivity index (χ2v) is 7.04. The highest BCUT2D eigenvalue weighted by Crippen LogP contribution is 2.38. The molecule has 0 saturated heterocycles. The minimum Gasteiger partial charge on any atom is -0.490 e. The van der Waals surface area contributed by atoms with E-state index in [0.29, 0.717) is 16.8 Å². The molecule has 1 aliphatic rings. The van der Waals surface area contributed by atoms with Gasteiger partial charge < -0.3 is 14.3 Å². The third-order valence-corrected chi connectivity index (χ3v) is 5.20. The maximum atomic E-state index is 12.3. The number of H-pyrrole nitrogens is 1. The van der Waals surface area contributed by atoms with Crippen molar-refractivity contribution in [3.8, 4) is 16.9 Å². The lowest BCUT2D eigenvalue weighted by molar-refractivity contribution is -0.384. The van der Waals surface area contributed by atoms with Gasteiger partial charge >= 0.3 is 0 Å². The number of nitrogens with zero attached hydrogens (tertiary/aromatic N) is 2. The smallest absolute Gasteiger partial charge is 0.274 e. The van der Waals surface area contributed by atoms with Gasteiger partial charge in [-0.15, -0.1) is 0 Å². The number of nitro benzene ring substituents is 1. The minimum atomic E-state index is -0.413. The Morgan fingerprint density at radius 2 is 1.96 bits per heavy atom. The van der Waals surface area contributed by atoms with E-state index in [4.69, 9.17) is 4.74 Å². The van der Waals surface area contributed by atoms with Crippen molar-refractivity contribution in [2.75, 3.05) is 0 Å². The number of hydrogen-bond donors (Lipinski definition) is 1. The van der Waals surface area contributed by atoms with Crippen LogP contribution in [-0.4, -0.2) is 20.6 Å². The summed E-state index contributed by atoms with van der Waals surface area (Å²) < 4.78 is 7.73. The Labute approximate surface area is 155 Å². The maximum absolute atomic E-state index is 12.3. The van der Waals surface area contributed by atoms with Crippen molar-refractivity contribution >= 4 is 16.6 Å². The van der Waals surface area contributed by atoms with Crippen LogP contribution in [0.5, 0.6) is 5.75 Å². The molecule has 1 aliphatic carbocycles. The van der Waals surface area contributed by atoms with Gasteiger partial charge in [-0.2, -0.15) is 0 Å². The Morgan fingerprint density at radius 1 is 1.19 bits per heavy atom. The van der Waals surface area contributed by atoms with E-state index in [1.54, 1.807) is 25.5 Å². The zero-order chi connectivity index (χ0) is 19.0. The number of hydrogen-bond acceptors (Lipinski definition) is 4. The van der Waals surface area contributed by atoms with E-state index in [1.807, 2.05) is 6.07 Å². The molecule has 2 heterocycles. The van der Waals surface area contributed by atoms with Gasteiger partial charge in [0, 0.05) is 48.1 Å². The van der Waals surface area contributed by atoms with E-state index in [9.17, 15) is 14.9 Å². The molecule has 27 heavy (non-hydrogen) atoms. The van der Waals surface area contributed by atoms with Crippen molar-refractivity contribution in [2.24, 2.45) is 7.05 Å². The summed E-state index contributed by atoms with van der Waals surface area (Å²) >= 11 is 0. The predicted octanol–water partition coefficient (Wildman–Crippen LogP) is 4.15. The van der Waals surface area contributed by atoms with Gasteiger partial charge in [-0.3, -0.25) is 14.9 Å². The molecule has 1 aromatic carbocycles. The van der Waals surface area contributed by atoms with Crippen LogP contribution in [0.2, 0.25) is 0 Å². The van der Waals surface area contributed by atoms with E-state index >= 15 is 0 Å². The summed E-state index contributed by atoms with van der Waals surface area (Å²) in [6, 6.07) is 6.49. The summed E-state index contributed by atoms with van der Waals surface area (Å²) in [5, 5.41) is 12.1. The molecule has 3 aromatic rings. The average molecular weight is 367 g/mol. The van der Waals surface area contributed by atoms with Gasteiger partial charge in [0.05, 0.1) is 11.0 Å². The summed E-state index contributed by atoms with van der Waals surface area (Å²) in [4.78, 5) is 26.2. The summed E-state index contributed by atoms with van der Waals surface area (Å²) in [6.45, 7) is 0. The van der Waals surface area contributed by atoms with Crippen molar-refractivity contribution in [3.05, 3.63) is 57.1 Å². The molecule has 4 rings (SSSR count). The van der Waals surface area contributed by atoms with Crippen LogP contribution < -0.4 is 10.3 Å². The van der Waals surface area contributed by atoms with Gasteiger partial charge in [-0.05, 0) is 37.8 Å². The van der Waals surface area contributed by atoms with Gasteiger partial charge in [0.1, 0.15) is 11.3 Å². The lowest BCUT2D eigenvalue weighted by Crippen LogP contribution is -2.20. The van der Waals surface area contributed by atoms with Crippen LogP contribution in [0, 0.1) is 10.1 Å². The Hall–Kier alpha value is -3.09. The summed E-state index contributed by atoms with van der Waals surface area (Å²) in [5.41, 5.74) is 1.71. The second kappa shape index (κ2) is 6.90. The SMILES string of the molecule is Cn1cc(-c2cc([N+](=O)[O-])ccc2OC2CCCCC2)c2cc[nH]c2c1=O. The summed E-state index contributed by atoms with van der Waals surface area (Å²) in [5.74, 6) is 0.619. The van der Waals surface area contributed by atoms with Gasteiger partial charge in [-0.1, -0.05) is 6.42 Å². The van der Waals surface area contributed by atoms with Gasteiger partial charge in [-0.25, -0.2) is 0 Å². The third-order valence-electron chi connectivity index (χ3n) is 5.20. The average Bonchev–Trinajstić information content (AvgIpc) is 3.16. The number of aromatic nitrogens is 2. The first kappa shape index (κ1) is 17.3. The molecular formula is C20H21N3O4. The molecule has 7 heteroatoms. The maximum Gasteiger partial charge on any atom is 0.274 e. The Balaban J connectivity index is 1.88. The van der Waals surface area contributed by atoms with E-state index < -0.39 is 4.92 Å². The Morgan fingerprint density at radius 3 is 2.70 bits per heavy atom. The minimum absolute atomic E-state index is 0.00136. The second-order valence-electron chi connectivity index (χ2n) is 7.04. The van der Waals surface area contributed by atoms with Crippen LogP contribution in [0.15, 0.2) is 41.5 Å². The lowest BCUT2D eigenvalue weighted by atomic mass is 9.97. The first-order valence-corrected chi connectivity index (χ1v) is 9.17. The first-order chi connectivity index (χ1) is 13.0. The molecule has 0 unspecified atom stereocenters. The monoisotopic (exact) mass is 367 g/mol. The van der Waals surface area contributed by atoms with Gasteiger partial charge in [0.25, 0.3) is 11.2 Å². The number of nitrogens with one attached hydrogen (secondary N) is 1. The molecule has 0 bridgehead atoms. The Bertz CT molecular complexity index is 1060. The van der Waals surface area contributed by atoms with Gasteiger partial charge in [0.15, 0.2) is 0 Å². The van der Waals surface area contributed by atoms with Crippen molar-refractivity contribution in [1.82, 2.24) is 9.55 Å². The lowest BCUT2D eigenvalue weighted by Gasteiger charge is -2.24. The Kier molecular flexibility index (Phi) is 4.43. The number of pyridine rings is 1. The number of benzene rings is 1. The molecular weight excluding hydrogens is 346 g/mol. The molecule has 7 nitrogen and oxygen atoms in total. The fraction of sp³-hybridized carbons (Fsp3) is 0.350. The van der Waals surface area contributed by atoms with Crippen LogP contribution >= 0.6 is 0 Å². The number of nitro groups is 1. The van der Waals surface area contributed by atoms with Crippen molar-refractivity contribution in [2.45, 2.75) is 38.2 Å². The number of aryl methyl sites for hydroxylation is 1. The quantitative estimate of drug-likeness (QED) is 0.554. The molecule has 140 valence electrons. The molecule has 0 spiro atoms. The largest absolute Gasteiger partial charge is 0.490 e. The molecule has 2 aromatic heterocycles. The number of ether oxygens (including phenoxy) is 1. The molecule has 1 saturated carbocycles. The van der Waals surface area contributed by atoms with Crippen LogP contribution in [0.4, 0.5) is 5.69 Å². The van der Waals surface area contributed by atoms with Gasteiger partial charge in [0.2, 0.25) is 0 Å². The normalized spacial score (nSPS) is 15.1. The van der Waals surface area contributed by atoms with Crippen LogP contribution in [0.1, 0.15) is 32.1 Å². The van der Waals surface area contributed by atoms with E-state index in [-0.39, 0.29) is 17.4 Å². The molecule has 0 amide bonds. The number of rotatable bonds is 4. The topological polar surface area (TPSA) is 90.2 Å². The highest BCUT2D eigenvalue weighted by molar-refractivity contribution is 5.96. The summed E-state index contributed by atoms with van der Waals surface area (Å²) in [7, 11) is 1.67. The predicted molar refractivity (Wildman–Crippen MR) is 103 cm³/mol. The third kappa shape index (κ3) is 3.20. The molecule has 0 radical (unpaired) electrons. The van der Waals surface area contributed by atoms with E-state index in [1.165, 1.54) is 23.1 Å². The molecule has 0 aliphatic heterocycles. The summed E-state index contributed by atoms with van der Waals surface area (Å²) in [6.07, 6.45) is 9.00. The van der Waals surface area contributed by atoms with Crippen LogP contribution in [-0.2, 0) is 7.05 Å². The van der Waals surface area contributed by atoms with E-state index in [2.05, 4.69) is 4.98 Å². The molecule has 0 atom stereocenters. The van der Waals surface area contributed by atoms with Crippen molar-refractivity contribution in [1.29, 1.82) is 0 Å². The van der Waals surface area contributed by atoms with Crippen molar-refractivity contribution in [3.63, 3.8) is 0 Å². The highest BCUT2D eigenvalue weighted by atomic mass is 16.6. The van der Waals surface area contributed by atoms with E-state index in [0.717, 1.165) is 36.6 Å². The number of aromatic amines is 1. The number of non-ortho nitro benzene ring substituents is 1. The fourth-order valence-electron chi connectivity index (χ4n) is 3.79. The van der Waals surface area contributed by atoms with Crippen LogP contribution in [0.3, 0.4) is 0 Å². The molecule has 1 fully saturated rings. The molecule has 1 N–H and O–H groups in total.